The number of nitrogens with one attached hydrogen (secondary N) is 1. The zero-order chi connectivity index (χ0) is 15.2. The molecule has 1 aliphatic rings. The van der Waals surface area contributed by atoms with Crippen LogP contribution < -0.4 is 11.1 Å². The Bertz CT molecular complexity index is 452. The van der Waals surface area contributed by atoms with Crippen LogP contribution in [0.2, 0.25) is 0 Å². The third kappa shape index (κ3) is 5.29. The minimum atomic E-state index is -0.239. The van der Waals surface area contributed by atoms with E-state index < -0.39 is 0 Å². The standard InChI is InChI=1S/C18H28N2O.ClH/c1-13-7-6-8-15(11-13)12-20-18(21)14(2)17(19)16-9-4-3-5-10-16;/h3-5,9-10,13-15,17H,6-8,11-12,19H2,1-2H3,(H,20,21);1H. The van der Waals surface area contributed by atoms with Gasteiger partial charge in [-0.15, -0.1) is 12.4 Å². The monoisotopic (exact) mass is 324 g/mol. The van der Waals surface area contributed by atoms with Crippen molar-refractivity contribution in [2.45, 2.75) is 45.6 Å². The lowest BCUT2D eigenvalue weighted by Gasteiger charge is -2.28. The first-order valence-corrected chi connectivity index (χ1v) is 8.16. The van der Waals surface area contributed by atoms with E-state index in [1.54, 1.807) is 0 Å². The molecule has 0 bridgehead atoms. The summed E-state index contributed by atoms with van der Waals surface area (Å²) >= 11 is 0. The molecule has 124 valence electrons. The van der Waals surface area contributed by atoms with Crippen LogP contribution in [0.25, 0.3) is 0 Å². The lowest BCUT2D eigenvalue weighted by Crippen LogP contribution is -2.38. The number of amides is 1. The maximum absolute atomic E-state index is 12.3. The summed E-state index contributed by atoms with van der Waals surface area (Å²) in [5.74, 6) is 1.31. The minimum Gasteiger partial charge on any atom is -0.356 e. The summed E-state index contributed by atoms with van der Waals surface area (Å²) in [6.07, 6.45) is 5.10. The Morgan fingerprint density at radius 2 is 2.00 bits per heavy atom. The fraction of sp³-hybridized carbons (Fsp3) is 0.611. The number of hydrogen-bond acceptors (Lipinski definition) is 2. The van der Waals surface area contributed by atoms with Crippen LogP contribution in [0.15, 0.2) is 30.3 Å². The molecule has 1 aliphatic carbocycles. The van der Waals surface area contributed by atoms with E-state index in [4.69, 9.17) is 5.73 Å². The summed E-state index contributed by atoms with van der Waals surface area (Å²) in [7, 11) is 0. The second-order valence-corrected chi connectivity index (χ2v) is 6.61. The summed E-state index contributed by atoms with van der Waals surface area (Å²) in [6.45, 7) is 5.02. The lowest BCUT2D eigenvalue weighted by molar-refractivity contribution is -0.125. The largest absolute Gasteiger partial charge is 0.356 e. The molecule has 4 unspecified atom stereocenters. The predicted octanol–water partition coefficient (Wildman–Crippen LogP) is 3.69. The Labute approximate surface area is 140 Å². The highest BCUT2D eigenvalue weighted by molar-refractivity contribution is 5.85. The molecular weight excluding hydrogens is 296 g/mol. The van der Waals surface area contributed by atoms with Crippen molar-refractivity contribution in [3.05, 3.63) is 35.9 Å². The van der Waals surface area contributed by atoms with Crippen molar-refractivity contribution in [3.63, 3.8) is 0 Å². The highest BCUT2D eigenvalue weighted by Crippen LogP contribution is 2.28. The molecule has 3 N–H and O–H groups in total. The highest BCUT2D eigenvalue weighted by Gasteiger charge is 2.24. The van der Waals surface area contributed by atoms with Gasteiger partial charge in [0.25, 0.3) is 0 Å². The van der Waals surface area contributed by atoms with E-state index >= 15 is 0 Å². The number of hydrogen-bond donors (Lipinski definition) is 2. The number of halogens is 1. The number of rotatable bonds is 5. The van der Waals surface area contributed by atoms with Crippen molar-refractivity contribution >= 4 is 18.3 Å². The zero-order valence-electron chi connectivity index (χ0n) is 13.6. The van der Waals surface area contributed by atoms with Crippen LogP contribution in [-0.4, -0.2) is 12.5 Å². The Morgan fingerprint density at radius 1 is 1.32 bits per heavy atom. The fourth-order valence-electron chi connectivity index (χ4n) is 3.28. The van der Waals surface area contributed by atoms with Crippen molar-refractivity contribution < 1.29 is 4.79 Å². The van der Waals surface area contributed by atoms with Gasteiger partial charge in [0.15, 0.2) is 0 Å². The Hall–Kier alpha value is -1.06. The summed E-state index contributed by atoms with van der Waals surface area (Å²) in [5, 5.41) is 3.10. The molecule has 1 fully saturated rings. The van der Waals surface area contributed by atoms with Gasteiger partial charge in [-0.25, -0.2) is 0 Å². The Kier molecular flexibility index (Phi) is 7.91. The lowest BCUT2D eigenvalue weighted by atomic mass is 9.82. The van der Waals surface area contributed by atoms with E-state index in [1.165, 1.54) is 25.7 Å². The maximum atomic E-state index is 12.3. The third-order valence-electron chi connectivity index (χ3n) is 4.75. The van der Waals surface area contributed by atoms with E-state index in [0.29, 0.717) is 5.92 Å². The molecule has 0 aromatic heterocycles. The molecule has 1 amide bonds. The van der Waals surface area contributed by atoms with Crippen LogP contribution in [-0.2, 0) is 4.79 Å². The van der Waals surface area contributed by atoms with E-state index in [9.17, 15) is 4.79 Å². The summed E-state index contributed by atoms with van der Waals surface area (Å²) < 4.78 is 0. The average Bonchev–Trinajstić information content (AvgIpc) is 2.52. The molecule has 3 nitrogen and oxygen atoms in total. The molecule has 1 aromatic rings. The van der Waals surface area contributed by atoms with Crippen LogP contribution in [0.4, 0.5) is 0 Å². The average molecular weight is 325 g/mol. The normalized spacial score (nSPS) is 24.0. The van der Waals surface area contributed by atoms with Gasteiger partial charge in [-0.3, -0.25) is 4.79 Å². The van der Waals surface area contributed by atoms with Crippen LogP contribution in [0.1, 0.15) is 51.1 Å². The van der Waals surface area contributed by atoms with Gasteiger partial charge >= 0.3 is 0 Å². The molecule has 4 atom stereocenters. The number of benzene rings is 1. The van der Waals surface area contributed by atoms with Crippen molar-refractivity contribution in [1.29, 1.82) is 0 Å². The number of nitrogens with two attached hydrogens (primary N) is 1. The fourth-order valence-corrected chi connectivity index (χ4v) is 3.28. The number of carbonyl (C=O) groups excluding carboxylic acids is 1. The maximum Gasteiger partial charge on any atom is 0.224 e. The van der Waals surface area contributed by atoms with Crippen LogP contribution in [0, 0.1) is 17.8 Å². The van der Waals surface area contributed by atoms with Crippen LogP contribution >= 0.6 is 12.4 Å². The number of carbonyl (C=O) groups is 1. The first-order chi connectivity index (χ1) is 10.1. The Morgan fingerprint density at radius 3 is 2.64 bits per heavy atom. The van der Waals surface area contributed by atoms with Crippen molar-refractivity contribution in [2.24, 2.45) is 23.5 Å². The molecule has 0 spiro atoms. The van der Waals surface area contributed by atoms with Crippen molar-refractivity contribution in [2.75, 3.05) is 6.54 Å². The smallest absolute Gasteiger partial charge is 0.224 e. The van der Waals surface area contributed by atoms with Crippen LogP contribution in [0.3, 0.4) is 0 Å². The molecule has 0 heterocycles. The van der Waals surface area contributed by atoms with Crippen molar-refractivity contribution in [1.82, 2.24) is 5.32 Å². The van der Waals surface area contributed by atoms with Gasteiger partial charge in [-0.2, -0.15) is 0 Å². The summed E-state index contributed by atoms with van der Waals surface area (Å²) in [4.78, 5) is 12.3. The van der Waals surface area contributed by atoms with Crippen molar-refractivity contribution in [3.8, 4) is 0 Å². The molecule has 22 heavy (non-hydrogen) atoms. The first kappa shape index (κ1) is 19.0. The predicted molar refractivity (Wildman–Crippen MR) is 93.9 cm³/mol. The molecule has 4 heteroatoms. The van der Waals surface area contributed by atoms with Gasteiger partial charge in [0.05, 0.1) is 5.92 Å². The van der Waals surface area contributed by atoms with Gasteiger partial charge in [-0.05, 0) is 30.2 Å². The van der Waals surface area contributed by atoms with Crippen LogP contribution in [0.5, 0.6) is 0 Å². The molecule has 0 radical (unpaired) electrons. The molecule has 2 rings (SSSR count). The second kappa shape index (κ2) is 9.16. The Balaban J connectivity index is 0.00000242. The quantitative estimate of drug-likeness (QED) is 0.868. The summed E-state index contributed by atoms with van der Waals surface area (Å²) in [6, 6.07) is 9.61. The molecule has 1 saturated carbocycles. The molecule has 0 saturated heterocycles. The molecule has 1 aromatic carbocycles. The zero-order valence-corrected chi connectivity index (χ0v) is 14.4. The SMILES string of the molecule is CC1CCCC(CNC(=O)C(C)C(N)c2ccccc2)C1.Cl. The van der Waals surface area contributed by atoms with Gasteiger partial charge in [0.2, 0.25) is 5.91 Å². The third-order valence-corrected chi connectivity index (χ3v) is 4.75. The van der Waals surface area contributed by atoms with E-state index in [1.807, 2.05) is 37.3 Å². The second-order valence-electron chi connectivity index (χ2n) is 6.61. The van der Waals surface area contributed by atoms with E-state index in [-0.39, 0.29) is 30.3 Å². The topological polar surface area (TPSA) is 55.1 Å². The molecular formula is C18H29ClN2O. The van der Waals surface area contributed by atoms with Gasteiger partial charge in [0.1, 0.15) is 0 Å². The first-order valence-electron chi connectivity index (χ1n) is 8.16. The van der Waals surface area contributed by atoms with Gasteiger partial charge < -0.3 is 11.1 Å². The highest BCUT2D eigenvalue weighted by atomic mass is 35.5. The van der Waals surface area contributed by atoms with Gasteiger partial charge in [-0.1, -0.05) is 57.0 Å². The summed E-state index contributed by atoms with van der Waals surface area (Å²) in [5.41, 5.74) is 7.23. The minimum absolute atomic E-state index is 0. The molecule has 0 aliphatic heterocycles. The van der Waals surface area contributed by atoms with Gasteiger partial charge in [0, 0.05) is 12.6 Å². The van der Waals surface area contributed by atoms with E-state index in [0.717, 1.165) is 18.0 Å². The van der Waals surface area contributed by atoms with E-state index in [2.05, 4.69) is 12.2 Å².